The fraction of sp³-hybridized carbons (Fsp3) is 0.235. The molecule has 0 saturated heterocycles. The van der Waals surface area contributed by atoms with E-state index in [-0.39, 0.29) is 19.6 Å². The maximum Gasteiger partial charge on any atom is 0.251 e. The SMILES string of the molecule is CS(=O)(=O)N(CCNC(=O)c1ccc(F)cc1)Cc1ccccc1Cl. The molecule has 0 aliphatic rings. The van der Waals surface area contributed by atoms with E-state index < -0.39 is 21.7 Å². The van der Waals surface area contributed by atoms with E-state index in [1.807, 2.05) is 0 Å². The average Bonchev–Trinajstić information content (AvgIpc) is 2.55. The van der Waals surface area contributed by atoms with Crippen LogP contribution in [0.4, 0.5) is 4.39 Å². The molecule has 5 nitrogen and oxygen atoms in total. The highest BCUT2D eigenvalue weighted by atomic mass is 35.5. The summed E-state index contributed by atoms with van der Waals surface area (Å²) in [7, 11) is -3.47. The molecule has 0 fully saturated rings. The number of carbonyl (C=O) groups is 1. The summed E-state index contributed by atoms with van der Waals surface area (Å²) in [6.45, 7) is 0.329. The molecule has 2 rings (SSSR count). The number of amides is 1. The molecule has 0 radical (unpaired) electrons. The summed E-state index contributed by atoms with van der Waals surface area (Å²) >= 11 is 6.07. The average molecular weight is 385 g/mol. The molecule has 25 heavy (non-hydrogen) atoms. The van der Waals surface area contributed by atoms with E-state index in [9.17, 15) is 17.6 Å². The van der Waals surface area contributed by atoms with Gasteiger partial charge in [0, 0.05) is 30.2 Å². The number of benzene rings is 2. The third-order valence-electron chi connectivity index (χ3n) is 3.53. The van der Waals surface area contributed by atoms with Gasteiger partial charge in [0.15, 0.2) is 0 Å². The largest absolute Gasteiger partial charge is 0.351 e. The predicted molar refractivity (Wildman–Crippen MR) is 95.4 cm³/mol. The van der Waals surface area contributed by atoms with Gasteiger partial charge in [-0.1, -0.05) is 29.8 Å². The van der Waals surface area contributed by atoms with Crippen LogP contribution in [0.5, 0.6) is 0 Å². The summed E-state index contributed by atoms with van der Waals surface area (Å²) in [5.74, 6) is -0.828. The first kappa shape index (κ1) is 19.4. The van der Waals surface area contributed by atoms with Crippen molar-refractivity contribution in [1.82, 2.24) is 9.62 Å². The number of nitrogens with one attached hydrogen (secondary N) is 1. The van der Waals surface area contributed by atoms with Gasteiger partial charge in [-0.3, -0.25) is 4.79 Å². The van der Waals surface area contributed by atoms with Crippen LogP contribution < -0.4 is 5.32 Å². The van der Waals surface area contributed by atoms with Crippen LogP contribution in [0, 0.1) is 5.82 Å². The second-order valence-corrected chi connectivity index (χ2v) is 7.84. The van der Waals surface area contributed by atoms with E-state index in [4.69, 9.17) is 11.6 Å². The van der Waals surface area contributed by atoms with Crippen molar-refractivity contribution in [3.8, 4) is 0 Å². The van der Waals surface area contributed by atoms with Crippen LogP contribution in [0.2, 0.25) is 5.02 Å². The van der Waals surface area contributed by atoms with Gasteiger partial charge in [0.05, 0.1) is 6.26 Å². The number of hydrogen-bond donors (Lipinski definition) is 1. The topological polar surface area (TPSA) is 66.5 Å². The lowest BCUT2D eigenvalue weighted by molar-refractivity contribution is 0.0951. The third-order valence-corrected chi connectivity index (χ3v) is 5.15. The Labute approximate surface area is 151 Å². The smallest absolute Gasteiger partial charge is 0.251 e. The van der Waals surface area contributed by atoms with Gasteiger partial charge in [0.1, 0.15) is 5.82 Å². The van der Waals surface area contributed by atoms with Gasteiger partial charge in [-0.2, -0.15) is 4.31 Å². The summed E-state index contributed by atoms with van der Waals surface area (Å²) in [6.07, 6.45) is 1.10. The van der Waals surface area contributed by atoms with Gasteiger partial charge < -0.3 is 5.32 Å². The van der Waals surface area contributed by atoms with Gasteiger partial charge in [0.2, 0.25) is 10.0 Å². The first-order chi connectivity index (χ1) is 11.8. The predicted octanol–water partition coefficient (Wildman–Crippen LogP) is 2.67. The van der Waals surface area contributed by atoms with Crippen molar-refractivity contribution in [2.45, 2.75) is 6.54 Å². The van der Waals surface area contributed by atoms with Crippen molar-refractivity contribution in [3.05, 3.63) is 70.5 Å². The summed E-state index contributed by atoms with van der Waals surface area (Å²) in [4.78, 5) is 12.0. The van der Waals surface area contributed by atoms with E-state index >= 15 is 0 Å². The highest BCUT2D eigenvalue weighted by Crippen LogP contribution is 2.18. The van der Waals surface area contributed by atoms with Crippen LogP contribution in [0.3, 0.4) is 0 Å². The lowest BCUT2D eigenvalue weighted by atomic mass is 10.2. The van der Waals surface area contributed by atoms with Crippen molar-refractivity contribution in [3.63, 3.8) is 0 Å². The fourth-order valence-electron chi connectivity index (χ4n) is 2.18. The van der Waals surface area contributed by atoms with E-state index in [0.717, 1.165) is 6.26 Å². The van der Waals surface area contributed by atoms with E-state index in [2.05, 4.69) is 5.32 Å². The molecule has 0 heterocycles. The molecular weight excluding hydrogens is 367 g/mol. The quantitative estimate of drug-likeness (QED) is 0.798. The van der Waals surface area contributed by atoms with E-state index in [1.54, 1.807) is 24.3 Å². The molecule has 0 atom stereocenters. The van der Waals surface area contributed by atoms with Gasteiger partial charge in [-0.15, -0.1) is 0 Å². The van der Waals surface area contributed by atoms with Crippen molar-refractivity contribution >= 4 is 27.5 Å². The standard InChI is InChI=1S/C17H18ClFN2O3S/c1-25(23,24)21(12-14-4-2-3-5-16(14)18)11-10-20-17(22)13-6-8-15(19)9-7-13/h2-9H,10-12H2,1H3,(H,20,22). The number of rotatable bonds is 7. The van der Waals surface area contributed by atoms with Crippen molar-refractivity contribution in [2.75, 3.05) is 19.3 Å². The Balaban J connectivity index is 1.98. The first-order valence-corrected chi connectivity index (χ1v) is 9.72. The molecule has 8 heteroatoms. The zero-order chi connectivity index (χ0) is 18.4. The van der Waals surface area contributed by atoms with Gasteiger partial charge >= 0.3 is 0 Å². The van der Waals surface area contributed by atoms with E-state index in [1.165, 1.54) is 28.6 Å². The van der Waals surface area contributed by atoms with Crippen molar-refractivity contribution in [1.29, 1.82) is 0 Å². The molecule has 0 aliphatic carbocycles. The monoisotopic (exact) mass is 384 g/mol. The molecule has 2 aromatic carbocycles. The molecule has 2 aromatic rings. The Kier molecular flexibility index (Phi) is 6.52. The summed E-state index contributed by atoms with van der Waals surface area (Å²) in [5, 5.41) is 3.10. The molecular formula is C17H18ClFN2O3S. The zero-order valence-electron chi connectivity index (χ0n) is 13.6. The van der Waals surface area contributed by atoms with Crippen LogP contribution in [0.15, 0.2) is 48.5 Å². The summed E-state index contributed by atoms with van der Waals surface area (Å²) < 4.78 is 38.0. The van der Waals surface area contributed by atoms with Crippen molar-refractivity contribution in [2.24, 2.45) is 0 Å². The minimum atomic E-state index is -3.47. The van der Waals surface area contributed by atoms with Crippen LogP contribution in [0.25, 0.3) is 0 Å². The zero-order valence-corrected chi connectivity index (χ0v) is 15.1. The normalized spacial score (nSPS) is 11.5. The Morgan fingerprint density at radius 2 is 1.80 bits per heavy atom. The molecule has 1 amide bonds. The van der Waals surface area contributed by atoms with Gasteiger partial charge in [-0.25, -0.2) is 12.8 Å². The maximum absolute atomic E-state index is 12.9. The van der Waals surface area contributed by atoms with E-state index in [0.29, 0.717) is 16.1 Å². The molecule has 0 saturated carbocycles. The molecule has 1 N–H and O–H groups in total. The highest BCUT2D eigenvalue weighted by Gasteiger charge is 2.18. The Bertz CT molecular complexity index is 841. The second-order valence-electron chi connectivity index (χ2n) is 5.45. The Morgan fingerprint density at radius 1 is 1.16 bits per heavy atom. The fourth-order valence-corrected chi connectivity index (χ4v) is 3.17. The van der Waals surface area contributed by atoms with Crippen molar-refractivity contribution < 1.29 is 17.6 Å². The van der Waals surface area contributed by atoms with Gasteiger partial charge in [0.25, 0.3) is 5.91 Å². The summed E-state index contributed by atoms with van der Waals surface area (Å²) in [5.41, 5.74) is 0.984. The molecule has 0 unspecified atom stereocenters. The summed E-state index contributed by atoms with van der Waals surface area (Å²) in [6, 6.07) is 12.1. The third kappa shape index (κ3) is 5.81. The number of nitrogens with zero attached hydrogens (tertiary/aromatic N) is 1. The minimum absolute atomic E-state index is 0.0942. The van der Waals surface area contributed by atoms with Crippen LogP contribution in [0.1, 0.15) is 15.9 Å². The lowest BCUT2D eigenvalue weighted by Crippen LogP contribution is -2.37. The maximum atomic E-state index is 12.9. The molecule has 134 valence electrons. The van der Waals surface area contributed by atoms with Crippen LogP contribution in [-0.2, 0) is 16.6 Å². The minimum Gasteiger partial charge on any atom is -0.351 e. The first-order valence-electron chi connectivity index (χ1n) is 7.49. The molecule has 0 spiro atoms. The number of hydrogen-bond acceptors (Lipinski definition) is 3. The number of sulfonamides is 1. The second kappa shape index (κ2) is 8.42. The van der Waals surface area contributed by atoms with Gasteiger partial charge in [-0.05, 0) is 35.9 Å². The molecule has 0 bridgehead atoms. The molecule has 0 aliphatic heterocycles. The number of carbonyl (C=O) groups excluding carboxylic acids is 1. The number of halogens is 2. The Morgan fingerprint density at radius 3 is 2.40 bits per heavy atom. The Hall–Kier alpha value is -1.96. The van der Waals surface area contributed by atoms with Crippen LogP contribution >= 0.6 is 11.6 Å². The van der Waals surface area contributed by atoms with Crippen LogP contribution in [-0.4, -0.2) is 38.0 Å². The lowest BCUT2D eigenvalue weighted by Gasteiger charge is -2.20. The highest BCUT2D eigenvalue weighted by molar-refractivity contribution is 7.88. The molecule has 0 aromatic heterocycles.